The van der Waals surface area contributed by atoms with Gasteiger partial charge in [0.25, 0.3) is 0 Å². The van der Waals surface area contributed by atoms with Gasteiger partial charge in [0.15, 0.2) is 0 Å². The summed E-state index contributed by atoms with van der Waals surface area (Å²) < 4.78 is 38.6. The summed E-state index contributed by atoms with van der Waals surface area (Å²) >= 11 is 0. The van der Waals surface area contributed by atoms with Crippen LogP contribution in [0.1, 0.15) is 42.0 Å². The third-order valence-electron chi connectivity index (χ3n) is 3.05. The minimum atomic E-state index is -4.42. The average Bonchev–Trinajstić information content (AvgIpc) is 2.27. The van der Waals surface area contributed by atoms with Crippen LogP contribution in [0.4, 0.5) is 13.2 Å². The molecule has 0 aromatic heterocycles. The Morgan fingerprint density at radius 2 is 1.79 bits per heavy atom. The molecule has 5 heteroatoms. The number of carbonyl (C=O) groups excluding carboxylic acids is 1. The first-order chi connectivity index (χ1) is 8.62. The van der Waals surface area contributed by atoms with Gasteiger partial charge in [0.1, 0.15) is 5.78 Å². The number of rotatable bonds is 4. The molecule has 0 spiro atoms. The van der Waals surface area contributed by atoms with Crippen LogP contribution in [0.25, 0.3) is 0 Å². The Morgan fingerprint density at radius 3 is 2.26 bits per heavy atom. The van der Waals surface area contributed by atoms with E-state index >= 15 is 0 Å². The minimum Gasteiger partial charge on any atom is -0.305 e. The zero-order valence-electron chi connectivity index (χ0n) is 11.1. The van der Waals surface area contributed by atoms with Crippen LogP contribution in [-0.4, -0.2) is 11.5 Å². The van der Waals surface area contributed by atoms with Gasteiger partial charge < -0.3 is 10.2 Å². The topological polar surface area (TPSA) is 40.9 Å². The van der Waals surface area contributed by atoms with Crippen LogP contribution < -0.4 is 0 Å². The van der Waals surface area contributed by atoms with Gasteiger partial charge in [0, 0.05) is 12.1 Å². The fraction of sp³-hybridized carbons (Fsp3) is 0.429. The molecule has 19 heavy (non-hydrogen) atoms. The largest absolute Gasteiger partial charge is 0.416 e. The van der Waals surface area contributed by atoms with E-state index in [1.54, 1.807) is 13.0 Å². The van der Waals surface area contributed by atoms with E-state index in [0.717, 1.165) is 6.07 Å². The molecule has 0 fully saturated rings. The van der Waals surface area contributed by atoms with Gasteiger partial charge in [0.05, 0.1) is 5.56 Å². The van der Waals surface area contributed by atoms with E-state index in [9.17, 15) is 18.0 Å². The van der Waals surface area contributed by atoms with E-state index in [0.29, 0.717) is 5.56 Å². The van der Waals surface area contributed by atoms with Gasteiger partial charge in [-0.1, -0.05) is 0 Å². The first-order valence-electron chi connectivity index (χ1n) is 5.88. The Bertz CT molecular complexity index is 518. The number of nitrogens with one attached hydrogen (secondary N) is 1. The van der Waals surface area contributed by atoms with Gasteiger partial charge in [-0.2, -0.15) is 13.2 Å². The highest BCUT2D eigenvalue weighted by atomic mass is 19.4. The number of carbonyl (C=O) groups is 1. The molecule has 1 aromatic carbocycles. The molecule has 104 valence electrons. The molecule has 0 unspecified atom stereocenters. The number of alkyl halides is 3. The molecule has 1 rings (SSSR count). The Hall–Kier alpha value is -1.65. The average molecular weight is 271 g/mol. The van der Waals surface area contributed by atoms with Gasteiger partial charge in [-0.3, -0.25) is 0 Å². The molecule has 0 aliphatic heterocycles. The maximum Gasteiger partial charge on any atom is 0.416 e. The smallest absolute Gasteiger partial charge is 0.305 e. The van der Waals surface area contributed by atoms with Crippen molar-refractivity contribution >= 4 is 11.5 Å². The molecule has 0 bridgehead atoms. The molecule has 0 aliphatic rings. The number of halogens is 3. The number of benzene rings is 1. The van der Waals surface area contributed by atoms with Crippen LogP contribution >= 0.6 is 0 Å². The number of hydrogen-bond donors (Lipinski definition) is 1. The summed E-state index contributed by atoms with van der Waals surface area (Å²) in [6.07, 6.45) is -4.09. The SMILES string of the molecule is CC(=O)CCC(=N)c1cc(C)c(C)c(C(F)(F)F)c1. The van der Waals surface area contributed by atoms with E-state index in [1.165, 1.54) is 13.8 Å². The van der Waals surface area contributed by atoms with Crippen LogP contribution in [0, 0.1) is 19.3 Å². The van der Waals surface area contributed by atoms with Crippen LogP contribution in [0.5, 0.6) is 0 Å². The van der Waals surface area contributed by atoms with Crippen LogP contribution in [-0.2, 0) is 11.0 Å². The molecule has 1 aromatic rings. The lowest BCUT2D eigenvalue weighted by Gasteiger charge is -2.15. The van der Waals surface area contributed by atoms with Crippen molar-refractivity contribution in [3.8, 4) is 0 Å². The van der Waals surface area contributed by atoms with Gasteiger partial charge in [-0.25, -0.2) is 0 Å². The summed E-state index contributed by atoms with van der Waals surface area (Å²) in [5.74, 6) is -0.0790. The van der Waals surface area contributed by atoms with Crippen LogP contribution in [0.15, 0.2) is 12.1 Å². The van der Waals surface area contributed by atoms with E-state index < -0.39 is 11.7 Å². The van der Waals surface area contributed by atoms with Crippen molar-refractivity contribution in [2.75, 3.05) is 0 Å². The van der Waals surface area contributed by atoms with E-state index in [1.807, 2.05) is 0 Å². The quantitative estimate of drug-likeness (QED) is 0.824. The highest BCUT2D eigenvalue weighted by Crippen LogP contribution is 2.34. The van der Waals surface area contributed by atoms with Crippen molar-refractivity contribution in [1.82, 2.24) is 0 Å². The van der Waals surface area contributed by atoms with E-state index in [-0.39, 0.29) is 35.5 Å². The van der Waals surface area contributed by atoms with Crippen molar-refractivity contribution in [2.45, 2.75) is 39.8 Å². The van der Waals surface area contributed by atoms with Gasteiger partial charge >= 0.3 is 6.18 Å². The summed E-state index contributed by atoms with van der Waals surface area (Å²) in [7, 11) is 0. The minimum absolute atomic E-state index is 0.0591. The lowest BCUT2D eigenvalue weighted by molar-refractivity contribution is -0.138. The lowest BCUT2D eigenvalue weighted by atomic mass is 9.95. The van der Waals surface area contributed by atoms with Crippen molar-refractivity contribution in [3.63, 3.8) is 0 Å². The standard InChI is InChI=1S/C14H16F3NO/c1-8-6-11(13(18)5-4-9(2)19)7-12(10(8)3)14(15,16)17/h6-7,18H,4-5H2,1-3H3. The number of ketones is 1. The van der Waals surface area contributed by atoms with Crippen molar-refractivity contribution < 1.29 is 18.0 Å². The summed E-state index contributed by atoms with van der Waals surface area (Å²) in [6.45, 7) is 4.41. The molecule has 0 radical (unpaired) electrons. The molecule has 0 amide bonds. The zero-order valence-corrected chi connectivity index (χ0v) is 11.1. The molecule has 0 heterocycles. The van der Waals surface area contributed by atoms with Crippen LogP contribution in [0.3, 0.4) is 0 Å². The highest BCUT2D eigenvalue weighted by Gasteiger charge is 2.33. The second-order valence-corrected chi connectivity index (χ2v) is 4.64. The Kier molecular flexibility index (Phi) is 4.50. The molecule has 0 aliphatic carbocycles. The summed E-state index contributed by atoms with van der Waals surface area (Å²) in [5.41, 5.74) is 0.253. The maximum atomic E-state index is 12.9. The monoisotopic (exact) mass is 271 g/mol. The molecule has 0 atom stereocenters. The first kappa shape index (κ1) is 15.4. The molecular weight excluding hydrogens is 255 g/mol. The second-order valence-electron chi connectivity index (χ2n) is 4.64. The predicted molar refractivity (Wildman–Crippen MR) is 67.7 cm³/mol. The highest BCUT2D eigenvalue weighted by molar-refractivity contribution is 6.00. The van der Waals surface area contributed by atoms with Crippen molar-refractivity contribution in [1.29, 1.82) is 5.41 Å². The number of aryl methyl sites for hydroxylation is 1. The Balaban J connectivity index is 3.14. The zero-order chi connectivity index (χ0) is 14.8. The molecule has 1 N–H and O–H groups in total. The summed E-state index contributed by atoms with van der Waals surface area (Å²) in [6, 6.07) is 2.55. The third-order valence-corrected chi connectivity index (χ3v) is 3.05. The van der Waals surface area contributed by atoms with Crippen molar-refractivity contribution in [2.24, 2.45) is 0 Å². The fourth-order valence-electron chi connectivity index (χ4n) is 1.77. The second kappa shape index (κ2) is 5.55. The van der Waals surface area contributed by atoms with Gasteiger partial charge in [-0.15, -0.1) is 0 Å². The molecule has 0 saturated heterocycles. The number of Topliss-reactive ketones (excluding diaryl/α,β-unsaturated/α-hetero) is 1. The van der Waals surface area contributed by atoms with Gasteiger partial charge in [-0.05, 0) is 56.0 Å². The molecule has 2 nitrogen and oxygen atoms in total. The van der Waals surface area contributed by atoms with Crippen molar-refractivity contribution in [3.05, 3.63) is 34.4 Å². The van der Waals surface area contributed by atoms with Gasteiger partial charge in [0.2, 0.25) is 0 Å². The Labute approximate surface area is 110 Å². The van der Waals surface area contributed by atoms with E-state index in [2.05, 4.69) is 0 Å². The summed E-state index contributed by atoms with van der Waals surface area (Å²) in [4.78, 5) is 10.9. The molecular formula is C14H16F3NO. The maximum absolute atomic E-state index is 12.9. The molecule has 0 saturated carbocycles. The van der Waals surface area contributed by atoms with E-state index in [4.69, 9.17) is 5.41 Å². The summed E-state index contributed by atoms with van der Waals surface area (Å²) in [5, 5.41) is 7.77. The third kappa shape index (κ3) is 3.91. The fourth-order valence-corrected chi connectivity index (χ4v) is 1.77. The lowest BCUT2D eigenvalue weighted by Crippen LogP contribution is -2.12. The number of hydrogen-bond acceptors (Lipinski definition) is 2. The first-order valence-corrected chi connectivity index (χ1v) is 5.88. The predicted octanol–water partition coefficient (Wildman–Crippen LogP) is 4.06. The normalized spacial score (nSPS) is 11.5. The van der Waals surface area contributed by atoms with Crippen LogP contribution in [0.2, 0.25) is 0 Å². The Morgan fingerprint density at radius 1 is 1.21 bits per heavy atom.